The number of nitrogens with one attached hydrogen (secondary N) is 2. The lowest BCUT2D eigenvalue weighted by molar-refractivity contribution is -0.137. The van der Waals surface area contributed by atoms with Gasteiger partial charge >= 0.3 is 6.18 Å². The summed E-state index contributed by atoms with van der Waals surface area (Å²) in [6.45, 7) is 0.467. The van der Waals surface area contributed by atoms with Crippen LogP contribution in [0.5, 0.6) is 0 Å². The number of aromatic nitrogens is 3. The molecule has 0 aliphatic rings. The van der Waals surface area contributed by atoms with E-state index in [2.05, 4.69) is 20.7 Å². The van der Waals surface area contributed by atoms with Gasteiger partial charge in [0.05, 0.1) is 22.5 Å². The standard InChI is InChI=1S/C20H17ClF3N5O/c21-17-10-15(20(22,23)24)12-27-19(17)26-9-8-25-18(30)7-6-14-11-28-29(13-14)16-4-2-1-3-5-16/h1-7,10-13H,8-9H2,(H,25,30)(H,26,27)/b7-6+. The van der Waals surface area contributed by atoms with E-state index in [-0.39, 0.29) is 29.8 Å². The van der Waals surface area contributed by atoms with Crippen LogP contribution in [0.15, 0.2) is 61.1 Å². The van der Waals surface area contributed by atoms with Gasteiger partial charge in [-0.15, -0.1) is 0 Å². The second-order valence-corrected chi connectivity index (χ2v) is 6.56. The zero-order valence-electron chi connectivity index (χ0n) is 15.5. The summed E-state index contributed by atoms with van der Waals surface area (Å²) in [5, 5.41) is 9.52. The molecule has 0 fully saturated rings. The molecule has 0 atom stereocenters. The molecular weight excluding hydrogens is 419 g/mol. The number of benzene rings is 1. The van der Waals surface area contributed by atoms with Crippen molar-refractivity contribution in [1.82, 2.24) is 20.1 Å². The summed E-state index contributed by atoms with van der Waals surface area (Å²) in [6.07, 6.45) is 2.62. The third-order valence-electron chi connectivity index (χ3n) is 3.94. The van der Waals surface area contributed by atoms with Crippen LogP contribution in [0.3, 0.4) is 0 Å². The molecule has 1 amide bonds. The van der Waals surface area contributed by atoms with Crippen molar-refractivity contribution >= 4 is 29.4 Å². The minimum Gasteiger partial charge on any atom is -0.367 e. The summed E-state index contributed by atoms with van der Waals surface area (Å²) in [5.41, 5.74) is 0.739. The van der Waals surface area contributed by atoms with Gasteiger partial charge in [-0.2, -0.15) is 18.3 Å². The Balaban J connectivity index is 1.45. The monoisotopic (exact) mass is 435 g/mol. The number of rotatable bonds is 7. The molecule has 0 aliphatic heterocycles. The zero-order valence-corrected chi connectivity index (χ0v) is 16.3. The Kier molecular flexibility index (Phi) is 6.73. The molecule has 0 radical (unpaired) electrons. The number of nitrogens with zero attached hydrogens (tertiary/aromatic N) is 3. The van der Waals surface area contributed by atoms with Crippen molar-refractivity contribution in [2.75, 3.05) is 18.4 Å². The zero-order chi connectivity index (χ0) is 21.6. The summed E-state index contributed by atoms with van der Waals surface area (Å²) < 4.78 is 39.5. The van der Waals surface area contributed by atoms with Crippen molar-refractivity contribution in [2.45, 2.75) is 6.18 Å². The lowest BCUT2D eigenvalue weighted by Crippen LogP contribution is -2.27. The number of pyridine rings is 1. The van der Waals surface area contributed by atoms with Crippen LogP contribution < -0.4 is 10.6 Å². The van der Waals surface area contributed by atoms with Crippen LogP contribution in [0.4, 0.5) is 19.0 Å². The molecule has 2 N–H and O–H groups in total. The molecule has 0 saturated heterocycles. The Morgan fingerprint density at radius 3 is 2.63 bits per heavy atom. The van der Waals surface area contributed by atoms with Gasteiger partial charge in [0.1, 0.15) is 5.82 Å². The third kappa shape index (κ3) is 5.84. The van der Waals surface area contributed by atoms with E-state index < -0.39 is 11.7 Å². The highest BCUT2D eigenvalue weighted by Crippen LogP contribution is 2.32. The Morgan fingerprint density at radius 2 is 1.93 bits per heavy atom. The summed E-state index contributed by atoms with van der Waals surface area (Å²) in [4.78, 5) is 15.6. The average molecular weight is 436 g/mol. The number of hydrogen-bond donors (Lipinski definition) is 2. The molecule has 0 saturated carbocycles. The maximum absolute atomic E-state index is 12.6. The number of alkyl halides is 3. The minimum absolute atomic E-state index is 0.114. The molecule has 2 aromatic heterocycles. The van der Waals surface area contributed by atoms with E-state index in [1.54, 1.807) is 23.2 Å². The van der Waals surface area contributed by atoms with Crippen LogP contribution in [0.25, 0.3) is 11.8 Å². The molecule has 2 heterocycles. The van der Waals surface area contributed by atoms with Crippen LogP contribution in [0.2, 0.25) is 5.02 Å². The van der Waals surface area contributed by atoms with Crippen molar-refractivity contribution in [3.05, 3.63) is 77.2 Å². The number of amides is 1. The normalized spacial score (nSPS) is 11.6. The van der Waals surface area contributed by atoms with Crippen molar-refractivity contribution in [2.24, 2.45) is 0 Å². The molecular formula is C20H17ClF3N5O. The quantitative estimate of drug-likeness (QED) is 0.431. The molecule has 1 aromatic carbocycles. The van der Waals surface area contributed by atoms with Gasteiger partial charge in [0.25, 0.3) is 0 Å². The smallest absolute Gasteiger partial charge is 0.367 e. The summed E-state index contributed by atoms with van der Waals surface area (Å²) in [5.74, 6) is -0.210. The van der Waals surface area contributed by atoms with Gasteiger partial charge in [-0.3, -0.25) is 4.79 Å². The van der Waals surface area contributed by atoms with Crippen molar-refractivity contribution in [3.63, 3.8) is 0 Å². The van der Waals surface area contributed by atoms with Crippen LogP contribution in [-0.4, -0.2) is 33.8 Å². The summed E-state index contributed by atoms with van der Waals surface area (Å²) >= 11 is 5.81. The molecule has 0 aliphatic carbocycles. The lowest BCUT2D eigenvalue weighted by Gasteiger charge is -2.10. The number of halogens is 4. The number of hydrogen-bond acceptors (Lipinski definition) is 4. The topological polar surface area (TPSA) is 71.8 Å². The first-order chi connectivity index (χ1) is 14.3. The second-order valence-electron chi connectivity index (χ2n) is 6.16. The van der Waals surface area contributed by atoms with E-state index in [1.165, 1.54) is 6.08 Å². The molecule has 3 aromatic rings. The van der Waals surface area contributed by atoms with Gasteiger partial charge in [-0.25, -0.2) is 9.67 Å². The molecule has 156 valence electrons. The van der Waals surface area contributed by atoms with Gasteiger partial charge < -0.3 is 10.6 Å². The highest BCUT2D eigenvalue weighted by atomic mass is 35.5. The van der Waals surface area contributed by atoms with Crippen LogP contribution in [0.1, 0.15) is 11.1 Å². The second kappa shape index (κ2) is 9.45. The summed E-state index contributed by atoms with van der Waals surface area (Å²) in [6, 6.07) is 10.3. The van der Waals surface area contributed by atoms with E-state index in [9.17, 15) is 18.0 Å². The predicted octanol–water partition coefficient (Wildman–Crippen LogP) is 4.18. The Labute approximate surface area is 175 Å². The van der Waals surface area contributed by atoms with Crippen molar-refractivity contribution < 1.29 is 18.0 Å². The van der Waals surface area contributed by atoms with Gasteiger partial charge in [0, 0.05) is 37.1 Å². The van der Waals surface area contributed by atoms with Crippen LogP contribution in [0, 0.1) is 0 Å². The Hall–Kier alpha value is -3.33. The average Bonchev–Trinajstić information content (AvgIpc) is 3.19. The van der Waals surface area contributed by atoms with Gasteiger partial charge in [0.2, 0.25) is 5.91 Å². The summed E-state index contributed by atoms with van der Waals surface area (Å²) in [7, 11) is 0. The number of para-hydroxylation sites is 1. The van der Waals surface area contributed by atoms with E-state index in [0.29, 0.717) is 6.20 Å². The van der Waals surface area contributed by atoms with Crippen LogP contribution >= 0.6 is 11.6 Å². The highest BCUT2D eigenvalue weighted by Gasteiger charge is 2.31. The van der Waals surface area contributed by atoms with Gasteiger partial charge in [0.15, 0.2) is 0 Å². The highest BCUT2D eigenvalue weighted by molar-refractivity contribution is 6.32. The molecule has 0 unspecified atom stereocenters. The van der Waals surface area contributed by atoms with Gasteiger partial charge in [-0.05, 0) is 24.3 Å². The molecule has 0 bridgehead atoms. The van der Waals surface area contributed by atoms with Crippen molar-refractivity contribution in [1.29, 1.82) is 0 Å². The van der Waals surface area contributed by atoms with E-state index >= 15 is 0 Å². The van der Waals surface area contributed by atoms with E-state index in [4.69, 9.17) is 11.6 Å². The largest absolute Gasteiger partial charge is 0.417 e. The number of carbonyl (C=O) groups excluding carboxylic acids is 1. The first-order valence-corrected chi connectivity index (χ1v) is 9.23. The fraction of sp³-hybridized carbons (Fsp3) is 0.150. The van der Waals surface area contributed by atoms with Gasteiger partial charge in [-0.1, -0.05) is 29.8 Å². The number of anilines is 1. The van der Waals surface area contributed by atoms with Crippen molar-refractivity contribution in [3.8, 4) is 5.69 Å². The first kappa shape index (κ1) is 21.4. The number of carbonyl (C=O) groups is 1. The minimum atomic E-state index is -4.51. The maximum Gasteiger partial charge on any atom is 0.417 e. The molecule has 30 heavy (non-hydrogen) atoms. The first-order valence-electron chi connectivity index (χ1n) is 8.85. The SMILES string of the molecule is O=C(/C=C/c1cnn(-c2ccccc2)c1)NCCNc1ncc(C(F)(F)F)cc1Cl. The van der Waals surface area contributed by atoms with E-state index in [1.807, 2.05) is 30.3 Å². The van der Waals surface area contributed by atoms with Crippen LogP contribution in [-0.2, 0) is 11.0 Å². The Bertz CT molecular complexity index is 1030. The fourth-order valence-corrected chi connectivity index (χ4v) is 2.70. The third-order valence-corrected chi connectivity index (χ3v) is 4.22. The maximum atomic E-state index is 12.6. The lowest BCUT2D eigenvalue weighted by atomic mass is 10.3. The fourth-order valence-electron chi connectivity index (χ4n) is 2.47. The Morgan fingerprint density at radius 1 is 1.17 bits per heavy atom. The molecule has 10 heteroatoms. The molecule has 0 spiro atoms. The predicted molar refractivity (Wildman–Crippen MR) is 108 cm³/mol. The van der Waals surface area contributed by atoms with E-state index in [0.717, 1.165) is 17.3 Å². The molecule has 6 nitrogen and oxygen atoms in total. The molecule has 3 rings (SSSR count).